The number of carbonyl (C=O) groups excluding carboxylic acids is 1. The number of methoxy groups -OCH3 is 1. The van der Waals surface area contributed by atoms with Crippen LogP contribution in [0.4, 0.5) is 0 Å². The van der Waals surface area contributed by atoms with Gasteiger partial charge in [0.1, 0.15) is 28.5 Å². The van der Waals surface area contributed by atoms with E-state index < -0.39 is 23.3 Å². The van der Waals surface area contributed by atoms with Crippen LogP contribution in [0.3, 0.4) is 0 Å². The molecule has 5 nitrogen and oxygen atoms in total. The van der Waals surface area contributed by atoms with Gasteiger partial charge < -0.3 is 4.74 Å². The van der Waals surface area contributed by atoms with Crippen LogP contribution in [0.5, 0.6) is 0 Å². The quantitative estimate of drug-likeness (QED) is 0.181. The molecule has 5 aromatic carbocycles. The summed E-state index contributed by atoms with van der Waals surface area (Å²) in [7, 11) is -5.00. The molecule has 0 unspecified atom stereocenters. The van der Waals surface area contributed by atoms with E-state index in [4.69, 9.17) is 4.55 Å². The molecule has 0 spiro atoms. The number of rotatable bonds is 6. The van der Waals surface area contributed by atoms with Crippen molar-refractivity contribution in [3.8, 4) is 0 Å². The Morgan fingerprint density at radius 1 is 0.590 bits per heavy atom. The summed E-state index contributed by atoms with van der Waals surface area (Å²) in [4.78, 5) is 10.7. The summed E-state index contributed by atoms with van der Waals surface area (Å²) in [6, 6.07) is 48.8. The van der Waals surface area contributed by atoms with E-state index in [1.165, 1.54) is 46.5 Å². The molecule has 5 aromatic rings. The second kappa shape index (κ2) is 12.6. The average Bonchev–Trinajstić information content (AvgIpc) is 2.99. The Bertz CT molecular complexity index is 1450. The third kappa shape index (κ3) is 6.32. The van der Waals surface area contributed by atoms with Gasteiger partial charge in [0.05, 0.1) is 17.6 Å². The fourth-order valence-electron chi connectivity index (χ4n) is 4.40. The first-order chi connectivity index (χ1) is 18.9. The minimum absolute atomic E-state index is 0.0719. The number of carbonyl (C=O) groups is 1. The van der Waals surface area contributed by atoms with Crippen LogP contribution in [0.15, 0.2) is 150 Å². The molecular weight excluding hydrogens is 527 g/mol. The minimum Gasteiger partial charge on any atom is -0.465 e. The summed E-state index contributed by atoms with van der Waals surface area (Å²) >= 11 is 0. The lowest BCUT2D eigenvalue weighted by atomic mass is 10.2. The normalized spacial score (nSPS) is 11.1. The molecule has 0 amide bonds. The molecule has 0 fully saturated rings. The van der Waals surface area contributed by atoms with Crippen molar-refractivity contribution in [3.05, 3.63) is 151 Å². The monoisotopic (exact) mass is 555 g/mol. The van der Waals surface area contributed by atoms with Gasteiger partial charge in [-0.25, -0.2) is 4.79 Å². The molecule has 0 aliphatic rings. The van der Waals surface area contributed by atoms with Crippen LogP contribution in [0.2, 0.25) is 0 Å². The lowest BCUT2D eigenvalue weighted by Gasteiger charge is -2.27. The van der Waals surface area contributed by atoms with Gasteiger partial charge in [0.25, 0.3) is 10.1 Å². The van der Waals surface area contributed by atoms with Crippen LogP contribution in [-0.2, 0) is 14.9 Å². The lowest BCUT2D eigenvalue weighted by molar-refractivity contribution is 0.0600. The average molecular weight is 556 g/mol. The zero-order chi connectivity index (χ0) is 27.7. The van der Waals surface area contributed by atoms with Gasteiger partial charge in [-0.05, 0) is 66.7 Å². The van der Waals surface area contributed by atoms with Crippen LogP contribution in [-0.4, -0.2) is 26.0 Å². The molecule has 0 atom stereocenters. The maximum absolute atomic E-state index is 11.0. The lowest BCUT2D eigenvalue weighted by Crippen LogP contribution is -2.38. The number of benzene rings is 5. The highest BCUT2D eigenvalue weighted by Gasteiger charge is 2.47. The molecule has 0 heterocycles. The van der Waals surface area contributed by atoms with Gasteiger partial charge in [0.15, 0.2) is 0 Å². The fraction of sp³-hybridized carbons (Fsp3) is 0.0312. The van der Waals surface area contributed by atoms with E-state index in [0.29, 0.717) is 0 Å². The second-order valence-corrected chi connectivity index (χ2v) is 13.3. The van der Waals surface area contributed by atoms with E-state index in [1.807, 2.05) is 0 Å². The van der Waals surface area contributed by atoms with Crippen molar-refractivity contribution in [1.82, 2.24) is 0 Å². The van der Waals surface area contributed by atoms with Gasteiger partial charge in [0, 0.05) is 0 Å². The molecule has 0 aromatic heterocycles. The first-order valence-electron chi connectivity index (χ1n) is 12.1. The minimum atomic E-state index is -4.27. The van der Waals surface area contributed by atoms with E-state index in [2.05, 4.69) is 126 Å². The van der Waals surface area contributed by atoms with Crippen LogP contribution in [0.25, 0.3) is 0 Å². The van der Waals surface area contributed by atoms with Crippen LogP contribution >= 0.6 is 7.26 Å². The van der Waals surface area contributed by atoms with Gasteiger partial charge in [-0.1, -0.05) is 78.9 Å². The fourth-order valence-corrected chi connectivity index (χ4v) is 9.19. The maximum atomic E-state index is 11.0. The second-order valence-electron chi connectivity index (χ2n) is 8.51. The topological polar surface area (TPSA) is 80.7 Å². The number of esters is 1. The molecule has 0 bridgehead atoms. The van der Waals surface area contributed by atoms with Crippen LogP contribution in [0, 0.1) is 0 Å². The molecule has 0 saturated heterocycles. The highest BCUT2D eigenvalue weighted by Crippen LogP contribution is 2.53. The molecule has 5 rings (SSSR count). The molecule has 0 aliphatic heterocycles. The van der Waals surface area contributed by atoms with Crippen molar-refractivity contribution in [2.75, 3.05) is 7.11 Å². The molecule has 1 N–H and O–H groups in total. The summed E-state index contributed by atoms with van der Waals surface area (Å²) in [6.07, 6.45) is 0. The highest BCUT2D eigenvalue weighted by molar-refractivity contribution is 8.01. The summed E-state index contributed by atoms with van der Waals surface area (Å²) in [5.41, 5.74) is 0.0719. The Balaban J connectivity index is 0.000000215. The Morgan fingerprint density at radius 3 is 1.26 bits per heavy atom. The van der Waals surface area contributed by atoms with E-state index in [1.54, 1.807) is 0 Å². The molecule has 39 heavy (non-hydrogen) atoms. The van der Waals surface area contributed by atoms with Gasteiger partial charge >= 0.3 is 5.97 Å². The van der Waals surface area contributed by atoms with E-state index in [0.717, 1.165) is 6.07 Å². The molecule has 0 saturated carbocycles. The zero-order valence-corrected chi connectivity index (χ0v) is 23.0. The molecule has 196 valence electrons. The Kier molecular flexibility index (Phi) is 9.05. The Labute approximate surface area is 229 Å². The third-order valence-corrected chi connectivity index (χ3v) is 11.3. The van der Waals surface area contributed by atoms with Crippen molar-refractivity contribution >= 4 is 44.6 Å². The summed E-state index contributed by atoms with van der Waals surface area (Å²) in [5.74, 6) is -0.657. The van der Waals surface area contributed by atoms with Gasteiger partial charge in [-0.2, -0.15) is 8.42 Å². The zero-order valence-electron chi connectivity index (χ0n) is 21.3. The van der Waals surface area contributed by atoms with Gasteiger partial charge in [-0.3, -0.25) is 4.55 Å². The predicted octanol–water partition coefficient (Wildman–Crippen LogP) is 5.03. The maximum Gasteiger partial charge on any atom is 0.337 e. The standard InChI is InChI=1S/C24H20P.C8H8O5S/c1-5-13-21(14-6-1)25(22-15-7-2-8-16-22,23-17-9-3-10-18-23)24-19-11-4-12-20-24;1-13-8(9)6-3-2-4-7(5-6)14(10,11)12/h1-20H;2-5H,1H3,(H,10,11,12)/q+1;. The largest absolute Gasteiger partial charge is 0.465 e. The van der Waals surface area contributed by atoms with Crippen LogP contribution in [0.1, 0.15) is 10.4 Å². The number of hydrogen-bond donors (Lipinski definition) is 1. The summed E-state index contributed by atoms with van der Waals surface area (Å²) in [5, 5.41) is 5.55. The van der Waals surface area contributed by atoms with Gasteiger partial charge in [-0.15, -0.1) is 0 Å². The van der Waals surface area contributed by atoms with Gasteiger partial charge in [0.2, 0.25) is 0 Å². The molecule has 7 heteroatoms. The van der Waals surface area contributed by atoms with Crippen LogP contribution < -0.4 is 21.2 Å². The first-order valence-corrected chi connectivity index (χ1v) is 15.4. The van der Waals surface area contributed by atoms with E-state index in [-0.39, 0.29) is 10.5 Å². The summed E-state index contributed by atoms with van der Waals surface area (Å²) in [6.45, 7) is 0. The van der Waals surface area contributed by atoms with E-state index in [9.17, 15) is 13.2 Å². The smallest absolute Gasteiger partial charge is 0.337 e. The van der Waals surface area contributed by atoms with Crippen molar-refractivity contribution in [1.29, 1.82) is 0 Å². The first kappa shape index (κ1) is 27.9. The van der Waals surface area contributed by atoms with Crippen molar-refractivity contribution in [3.63, 3.8) is 0 Å². The van der Waals surface area contributed by atoms with E-state index >= 15 is 0 Å². The molecule has 0 aliphatic carbocycles. The highest BCUT2D eigenvalue weighted by atomic mass is 32.2. The van der Waals surface area contributed by atoms with Crippen molar-refractivity contribution in [2.45, 2.75) is 4.90 Å². The molecule has 0 radical (unpaired) electrons. The molecular formula is C32H28O5PS+. The van der Waals surface area contributed by atoms with Crippen molar-refractivity contribution in [2.24, 2.45) is 0 Å². The third-order valence-electron chi connectivity index (χ3n) is 6.13. The SMILES string of the molecule is COC(=O)c1cccc(S(=O)(=O)O)c1.c1ccc([P+](c2ccccc2)(c2ccccc2)c2ccccc2)cc1. The number of ether oxygens (including phenoxy) is 1. The number of hydrogen-bond acceptors (Lipinski definition) is 4. The summed E-state index contributed by atoms with van der Waals surface area (Å²) < 4.78 is 34.5. The predicted molar refractivity (Wildman–Crippen MR) is 159 cm³/mol. The Hall–Kier alpha value is -4.09. The Morgan fingerprint density at radius 2 is 0.949 bits per heavy atom. The van der Waals surface area contributed by atoms with Crippen molar-refractivity contribution < 1.29 is 22.5 Å².